The number of nitrogens with one attached hydrogen (secondary N) is 2. The number of benzene rings is 1. The lowest BCUT2D eigenvalue weighted by atomic mass is 10.1. The second kappa shape index (κ2) is 7.94. The van der Waals surface area contributed by atoms with Gasteiger partial charge in [-0.3, -0.25) is 4.79 Å². The van der Waals surface area contributed by atoms with Crippen LogP contribution in [0.15, 0.2) is 49.2 Å². The lowest BCUT2D eigenvalue weighted by molar-refractivity contribution is -0.910. The lowest BCUT2D eigenvalue weighted by Crippen LogP contribution is -3.11. The molecule has 1 aliphatic heterocycles. The van der Waals surface area contributed by atoms with Gasteiger partial charge in [0, 0.05) is 26.1 Å². The Labute approximate surface area is 171 Å². The molecule has 1 aromatic carbocycles. The van der Waals surface area contributed by atoms with Crippen LogP contribution >= 0.6 is 0 Å². The predicted molar refractivity (Wildman–Crippen MR) is 103 cm³/mol. The second-order valence-corrected chi connectivity index (χ2v) is 7.44. The van der Waals surface area contributed by atoms with Crippen LogP contribution in [0.25, 0.3) is 5.69 Å². The van der Waals surface area contributed by atoms with Crippen molar-refractivity contribution in [3.8, 4) is 5.69 Å². The summed E-state index contributed by atoms with van der Waals surface area (Å²) in [4.78, 5) is 17.7. The van der Waals surface area contributed by atoms with Crippen LogP contribution in [0.2, 0.25) is 0 Å². The van der Waals surface area contributed by atoms with Crippen molar-refractivity contribution in [3.63, 3.8) is 0 Å². The third-order valence-electron chi connectivity index (χ3n) is 5.48. The molecule has 7 nitrogen and oxygen atoms in total. The van der Waals surface area contributed by atoms with Gasteiger partial charge in [0.1, 0.15) is 18.7 Å². The third kappa shape index (κ3) is 4.09. The molecule has 4 rings (SSSR count). The number of halogens is 3. The summed E-state index contributed by atoms with van der Waals surface area (Å²) in [5.41, 5.74) is 0.688. The maximum atomic E-state index is 13.2. The lowest BCUT2D eigenvalue weighted by Gasteiger charge is -2.22. The first kappa shape index (κ1) is 20.1. The number of likely N-dealkylation sites (tertiary alicyclic amines) is 1. The van der Waals surface area contributed by atoms with Crippen molar-refractivity contribution in [1.82, 2.24) is 19.3 Å². The minimum absolute atomic E-state index is 0.0503. The highest BCUT2D eigenvalue weighted by Crippen LogP contribution is 2.33. The third-order valence-corrected chi connectivity index (χ3v) is 5.48. The Morgan fingerprint density at radius 2 is 2.17 bits per heavy atom. The van der Waals surface area contributed by atoms with Gasteiger partial charge in [-0.15, -0.1) is 0 Å². The zero-order valence-electron chi connectivity index (χ0n) is 16.4. The van der Waals surface area contributed by atoms with Crippen molar-refractivity contribution < 1.29 is 22.9 Å². The Balaban J connectivity index is 1.55. The number of quaternary nitrogens is 1. The molecule has 0 radical (unpaired) electrons. The molecule has 1 unspecified atom stereocenters. The molecular formula is C20H22F3N6O+. The molecule has 2 aromatic heterocycles. The Kier molecular flexibility index (Phi) is 5.33. The average Bonchev–Trinajstić information content (AvgIpc) is 3.43. The number of hydrogen-bond acceptors (Lipinski definition) is 3. The largest absolute Gasteiger partial charge is 0.416 e. The fourth-order valence-corrected chi connectivity index (χ4v) is 4.06. The van der Waals surface area contributed by atoms with Gasteiger partial charge in [0.25, 0.3) is 5.91 Å². The van der Waals surface area contributed by atoms with E-state index in [1.807, 2.05) is 29.9 Å². The minimum atomic E-state index is -4.52. The summed E-state index contributed by atoms with van der Waals surface area (Å²) in [5.74, 6) is -0.341. The molecule has 10 heteroatoms. The van der Waals surface area contributed by atoms with E-state index in [1.54, 1.807) is 0 Å². The molecule has 1 fully saturated rings. The summed E-state index contributed by atoms with van der Waals surface area (Å²) in [6.45, 7) is 1.00. The zero-order chi connectivity index (χ0) is 21.3. The van der Waals surface area contributed by atoms with E-state index in [4.69, 9.17) is 0 Å². The van der Waals surface area contributed by atoms with Crippen LogP contribution in [0.4, 0.5) is 18.9 Å². The van der Waals surface area contributed by atoms with Crippen LogP contribution in [0, 0.1) is 0 Å². The Morgan fingerprint density at radius 1 is 1.33 bits per heavy atom. The predicted octanol–water partition coefficient (Wildman–Crippen LogP) is 1.98. The van der Waals surface area contributed by atoms with Gasteiger partial charge < -0.3 is 14.8 Å². The molecule has 158 valence electrons. The van der Waals surface area contributed by atoms with Gasteiger partial charge in [-0.05, 0) is 30.3 Å². The van der Waals surface area contributed by atoms with Crippen LogP contribution < -0.4 is 10.2 Å². The highest BCUT2D eigenvalue weighted by Gasteiger charge is 2.34. The van der Waals surface area contributed by atoms with E-state index in [9.17, 15) is 18.0 Å². The van der Waals surface area contributed by atoms with Gasteiger partial charge in [0.2, 0.25) is 0 Å². The molecule has 2 N–H and O–H groups in total. The van der Waals surface area contributed by atoms with E-state index in [0.717, 1.165) is 42.1 Å². The average molecular weight is 419 g/mol. The fourth-order valence-electron chi connectivity index (χ4n) is 4.06. The minimum Gasteiger partial charge on any atom is -0.350 e. The van der Waals surface area contributed by atoms with Gasteiger partial charge in [0.05, 0.1) is 29.2 Å². The monoisotopic (exact) mass is 419 g/mol. The van der Waals surface area contributed by atoms with E-state index in [2.05, 4.69) is 15.4 Å². The highest BCUT2D eigenvalue weighted by atomic mass is 19.4. The van der Waals surface area contributed by atoms with Gasteiger partial charge in [-0.25, -0.2) is 9.67 Å². The number of amides is 1. The normalized spacial score (nSPS) is 19.2. The highest BCUT2D eigenvalue weighted by molar-refractivity contribution is 5.93. The van der Waals surface area contributed by atoms with Crippen LogP contribution in [0.3, 0.4) is 0 Å². The summed E-state index contributed by atoms with van der Waals surface area (Å²) < 4.78 is 43.0. The van der Waals surface area contributed by atoms with Crippen LogP contribution in [-0.4, -0.2) is 38.3 Å². The number of carbonyl (C=O) groups excluding carboxylic acids is 1. The Hall–Kier alpha value is -3.14. The number of carbonyl (C=O) groups is 1. The Morgan fingerprint density at radius 3 is 2.83 bits per heavy atom. The number of aryl methyl sites for hydroxylation is 1. The molecule has 3 heterocycles. The van der Waals surface area contributed by atoms with Crippen molar-refractivity contribution in [2.24, 2.45) is 7.05 Å². The van der Waals surface area contributed by atoms with Gasteiger partial charge in [0.15, 0.2) is 6.54 Å². The first-order valence-electron chi connectivity index (χ1n) is 9.65. The molecule has 3 aromatic rings. The maximum Gasteiger partial charge on any atom is 0.416 e. The van der Waals surface area contributed by atoms with Gasteiger partial charge in [-0.1, -0.05) is 0 Å². The molecule has 1 saturated heterocycles. The van der Waals surface area contributed by atoms with E-state index in [1.165, 1.54) is 23.4 Å². The quantitative estimate of drug-likeness (QED) is 0.665. The smallest absolute Gasteiger partial charge is 0.350 e. The van der Waals surface area contributed by atoms with Crippen LogP contribution in [-0.2, 0) is 18.0 Å². The summed E-state index contributed by atoms with van der Waals surface area (Å²) in [5, 5.41) is 6.63. The Bertz CT molecular complexity index is 1030. The van der Waals surface area contributed by atoms with Gasteiger partial charge >= 0.3 is 6.18 Å². The molecule has 0 bridgehead atoms. The first-order valence-corrected chi connectivity index (χ1v) is 9.65. The molecule has 2 atom stereocenters. The number of anilines is 1. The standard InChI is InChI=1S/C20H21F3N6O/c1-27-8-2-4-17(27)18-5-3-9-28(18)11-19(30)26-15-10-14(20(21,22)23)6-7-16(15)29-13-24-12-25-29/h2,4,6-8,10,12-13,18H,3,5,9,11H2,1H3,(H,26,30)/p+1/t18-/m0/s1. The van der Waals surface area contributed by atoms with Crippen molar-refractivity contribution in [2.75, 3.05) is 18.4 Å². The molecular weight excluding hydrogens is 397 g/mol. The first-order chi connectivity index (χ1) is 14.3. The number of hydrogen-bond donors (Lipinski definition) is 2. The summed E-state index contributed by atoms with van der Waals surface area (Å²) in [7, 11) is 1.97. The molecule has 0 saturated carbocycles. The summed E-state index contributed by atoms with van der Waals surface area (Å²) in [6.07, 6.45) is 2.06. The molecule has 30 heavy (non-hydrogen) atoms. The number of nitrogens with zero attached hydrogens (tertiary/aromatic N) is 4. The fraction of sp³-hybridized carbons (Fsp3) is 0.350. The van der Waals surface area contributed by atoms with E-state index in [-0.39, 0.29) is 24.2 Å². The number of aromatic nitrogens is 4. The van der Waals surface area contributed by atoms with Crippen molar-refractivity contribution in [2.45, 2.75) is 25.1 Å². The molecule has 1 aliphatic rings. The topological polar surface area (TPSA) is 69.2 Å². The molecule has 0 spiro atoms. The molecule has 1 amide bonds. The van der Waals surface area contributed by atoms with Gasteiger partial charge in [-0.2, -0.15) is 18.3 Å². The summed E-state index contributed by atoms with van der Waals surface area (Å²) >= 11 is 0. The van der Waals surface area contributed by atoms with Crippen molar-refractivity contribution in [1.29, 1.82) is 0 Å². The van der Waals surface area contributed by atoms with E-state index < -0.39 is 11.7 Å². The van der Waals surface area contributed by atoms with Crippen LogP contribution in [0.1, 0.15) is 30.1 Å². The van der Waals surface area contributed by atoms with Crippen LogP contribution in [0.5, 0.6) is 0 Å². The summed E-state index contributed by atoms with van der Waals surface area (Å²) in [6, 6.07) is 7.38. The zero-order valence-corrected chi connectivity index (χ0v) is 16.4. The SMILES string of the molecule is Cn1cccc1[C@@H]1CCC[NH+]1CC(=O)Nc1cc(C(F)(F)F)ccc1-n1cncn1. The van der Waals surface area contributed by atoms with Crippen molar-refractivity contribution >= 4 is 11.6 Å². The van der Waals surface area contributed by atoms with E-state index >= 15 is 0 Å². The number of rotatable bonds is 5. The maximum absolute atomic E-state index is 13.2. The van der Waals surface area contributed by atoms with E-state index in [0.29, 0.717) is 5.69 Å². The molecule has 0 aliphatic carbocycles. The number of alkyl halides is 3. The second-order valence-electron chi connectivity index (χ2n) is 7.44. The van der Waals surface area contributed by atoms with Crippen molar-refractivity contribution in [3.05, 3.63) is 60.4 Å².